The van der Waals surface area contributed by atoms with E-state index in [2.05, 4.69) is 22.1 Å². The molecule has 9 nitrogen and oxygen atoms in total. The van der Waals surface area contributed by atoms with Gasteiger partial charge in [-0.25, -0.2) is 14.5 Å². The highest BCUT2D eigenvalue weighted by molar-refractivity contribution is 5.90. The van der Waals surface area contributed by atoms with Crippen molar-refractivity contribution in [2.45, 2.75) is 148 Å². The topological polar surface area (TPSA) is 101 Å². The van der Waals surface area contributed by atoms with Crippen LogP contribution in [0.2, 0.25) is 0 Å². The summed E-state index contributed by atoms with van der Waals surface area (Å²) in [5.74, 6) is -0.401. The van der Waals surface area contributed by atoms with Gasteiger partial charge in [-0.15, -0.1) is 0 Å². The van der Waals surface area contributed by atoms with Gasteiger partial charge in [0.05, 0.1) is 12.2 Å². The number of nitrogens with zero attached hydrogens (tertiary/aromatic N) is 3. The van der Waals surface area contributed by atoms with E-state index in [4.69, 9.17) is 9.47 Å². The van der Waals surface area contributed by atoms with Gasteiger partial charge in [0, 0.05) is 38.3 Å². The smallest absolute Gasteiger partial charge is 0.416 e. The zero-order valence-electron chi connectivity index (χ0n) is 30.3. The number of benzene rings is 1. The Kier molecular flexibility index (Phi) is 20.1. The normalized spacial score (nSPS) is 15.7. The molecule has 1 saturated heterocycles. The van der Waals surface area contributed by atoms with Crippen molar-refractivity contribution in [1.82, 2.24) is 20.1 Å². The molecule has 0 radical (unpaired) electrons. The number of nitrogens with one attached hydrogen (secondary N) is 1. The van der Waals surface area contributed by atoms with Gasteiger partial charge in [-0.1, -0.05) is 140 Å². The van der Waals surface area contributed by atoms with E-state index in [1.807, 2.05) is 36.4 Å². The molecule has 0 spiro atoms. The predicted octanol–water partition coefficient (Wildman–Crippen LogP) is 9.20. The number of pyridine rings is 1. The van der Waals surface area contributed by atoms with E-state index < -0.39 is 12.0 Å². The van der Waals surface area contributed by atoms with Crippen molar-refractivity contribution in [1.29, 1.82) is 0 Å². The molecular formula is C40H62N4O5. The largest absolute Gasteiger partial charge is 0.448 e. The minimum atomic E-state index is -0.689. The fourth-order valence-corrected chi connectivity index (χ4v) is 6.41. The van der Waals surface area contributed by atoms with Gasteiger partial charge in [0.25, 0.3) is 0 Å². The van der Waals surface area contributed by atoms with E-state index in [1.165, 1.54) is 96.8 Å². The third-order valence-corrected chi connectivity index (χ3v) is 9.44. The minimum Gasteiger partial charge on any atom is -0.448 e. The first kappa shape index (κ1) is 40.0. The molecule has 3 rings (SSSR count). The van der Waals surface area contributed by atoms with Crippen molar-refractivity contribution in [3.8, 4) is 0 Å². The first-order valence-corrected chi connectivity index (χ1v) is 19.0. The van der Waals surface area contributed by atoms with Gasteiger partial charge < -0.3 is 14.8 Å². The maximum atomic E-state index is 12.8. The van der Waals surface area contributed by atoms with E-state index in [0.717, 1.165) is 23.3 Å². The lowest BCUT2D eigenvalue weighted by molar-refractivity contribution is -0.128. The second-order valence-corrected chi connectivity index (χ2v) is 13.5. The zero-order chi connectivity index (χ0) is 34.9. The Balaban J connectivity index is 1.26. The van der Waals surface area contributed by atoms with Crippen molar-refractivity contribution < 1.29 is 23.9 Å². The van der Waals surface area contributed by atoms with Crippen LogP contribution in [-0.4, -0.2) is 64.7 Å². The van der Waals surface area contributed by atoms with E-state index in [9.17, 15) is 14.4 Å². The summed E-state index contributed by atoms with van der Waals surface area (Å²) in [6, 6.07) is 15.4. The first-order valence-electron chi connectivity index (χ1n) is 19.0. The molecule has 272 valence electrons. The molecule has 9 heteroatoms. The zero-order valence-corrected chi connectivity index (χ0v) is 30.3. The highest BCUT2D eigenvalue weighted by atomic mass is 16.6. The number of imide groups is 1. The number of ether oxygens (including phenoxy) is 2. The van der Waals surface area contributed by atoms with Gasteiger partial charge >= 0.3 is 12.2 Å². The van der Waals surface area contributed by atoms with Crippen LogP contribution in [-0.2, 0) is 27.4 Å². The number of likely N-dealkylation sites (tertiary alicyclic amines) is 1. The molecule has 0 aliphatic carbocycles. The average Bonchev–Trinajstić information content (AvgIpc) is 3.10. The Hall–Kier alpha value is -3.46. The van der Waals surface area contributed by atoms with E-state index >= 15 is 0 Å². The first-order chi connectivity index (χ1) is 24.0. The predicted molar refractivity (Wildman–Crippen MR) is 195 cm³/mol. The number of alkyl carbamates (subject to hydrolysis) is 1. The number of carbonyl (C=O) groups excluding carboxylic acids is 3. The fourth-order valence-electron chi connectivity index (χ4n) is 6.41. The van der Waals surface area contributed by atoms with Gasteiger partial charge in [-0.2, -0.15) is 0 Å². The van der Waals surface area contributed by atoms with Crippen LogP contribution in [0.1, 0.15) is 134 Å². The average molecular weight is 679 g/mol. The van der Waals surface area contributed by atoms with E-state index in [1.54, 1.807) is 18.3 Å². The molecule has 0 saturated carbocycles. The van der Waals surface area contributed by atoms with Crippen LogP contribution in [0, 0.1) is 0 Å². The lowest BCUT2D eigenvalue weighted by atomic mass is 9.93. The summed E-state index contributed by atoms with van der Waals surface area (Å²) < 4.78 is 11.2. The second kappa shape index (κ2) is 24.6. The van der Waals surface area contributed by atoms with Crippen LogP contribution >= 0.6 is 0 Å². The number of unbranched alkanes of at least 4 members (excludes halogenated alkanes) is 15. The quantitative estimate of drug-likeness (QED) is 0.105. The molecule has 2 heterocycles. The van der Waals surface area contributed by atoms with Crippen LogP contribution in [0.4, 0.5) is 9.59 Å². The number of hydrogen-bond acceptors (Lipinski definition) is 7. The van der Waals surface area contributed by atoms with Gasteiger partial charge in [0.15, 0.2) is 0 Å². The Morgan fingerprint density at radius 3 is 1.86 bits per heavy atom. The Bertz CT molecular complexity index is 1180. The maximum Gasteiger partial charge on any atom is 0.416 e. The Labute approximate surface area is 295 Å². The van der Waals surface area contributed by atoms with Crippen LogP contribution in [0.15, 0.2) is 54.7 Å². The number of rotatable bonds is 25. The summed E-state index contributed by atoms with van der Waals surface area (Å²) in [7, 11) is 0. The lowest BCUT2D eigenvalue weighted by Gasteiger charge is -2.48. The van der Waals surface area contributed by atoms with Crippen molar-refractivity contribution in [2.24, 2.45) is 0 Å². The molecule has 2 aromatic rings. The Morgan fingerprint density at radius 2 is 1.31 bits per heavy atom. The standard InChI is InChI=1S/C40H62N4O5/c1-3-4-5-6-7-8-9-10-11-12-13-14-15-16-17-22-28-42-39(46)48-32-37-29-38(44(37)30-35-24-19-18-20-25-35)33-49-40(47)43(34(2)45)31-36-26-21-23-27-41-36/h18-21,23-27,37-38H,3-17,22,28-33H2,1-2H3,(H,42,46). The molecule has 3 amide bonds. The van der Waals surface area contributed by atoms with E-state index in [0.29, 0.717) is 25.2 Å². The van der Waals surface area contributed by atoms with Crippen molar-refractivity contribution in [2.75, 3.05) is 19.8 Å². The number of carbonyl (C=O) groups is 3. The number of amides is 3. The summed E-state index contributed by atoms with van der Waals surface area (Å²) in [4.78, 5) is 44.9. The molecule has 1 fully saturated rings. The van der Waals surface area contributed by atoms with Gasteiger partial charge in [-0.05, 0) is 30.5 Å². The number of aromatic nitrogens is 1. The summed E-state index contributed by atoms with van der Waals surface area (Å²) in [6.07, 6.45) is 22.4. The minimum absolute atomic E-state index is 0.0163. The molecule has 1 aromatic carbocycles. The second-order valence-electron chi connectivity index (χ2n) is 13.5. The molecule has 2 atom stereocenters. The van der Waals surface area contributed by atoms with Crippen molar-refractivity contribution >= 4 is 18.1 Å². The number of hydrogen-bond donors (Lipinski definition) is 1. The Morgan fingerprint density at radius 1 is 0.755 bits per heavy atom. The summed E-state index contributed by atoms with van der Waals surface area (Å²) >= 11 is 0. The molecule has 2 unspecified atom stereocenters. The van der Waals surface area contributed by atoms with Gasteiger partial charge in [0.2, 0.25) is 5.91 Å². The molecule has 1 N–H and O–H groups in total. The molecule has 1 aromatic heterocycles. The van der Waals surface area contributed by atoms with Gasteiger partial charge in [0.1, 0.15) is 13.2 Å². The molecule has 1 aliphatic rings. The van der Waals surface area contributed by atoms with Crippen LogP contribution in [0.25, 0.3) is 0 Å². The van der Waals surface area contributed by atoms with Crippen molar-refractivity contribution in [3.05, 3.63) is 66.0 Å². The van der Waals surface area contributed by atoms with E-state index in [-0.39, 0.29) is 37.9 Å². The van der Waals surface area contributed by atoms with Crippen LogP contribution in [0.5, 0.6) is 0 Å². The van der Waals surface area contributed by atoms with Crippen LogP contribution in [0.3, 0.4) is 0 Å². The monoisotopic (exact) mass is 678 g/mol. The van der Waals surface area contributed by atoms with Gasteiger partial charge in [-0.3, -0.25) is 14.7 Å². The highest BCUT2D eigenvalue weighted by Gasteiger charge is 2.40. The fraction of sp³-hybridized carbons (Fsp3) is 0.650. The molecule has 1 aliphatic heterocycles. The maximum absolute atomic E-state index is 12.8. The summed E-state index contributed by atoms with van der Waals surface area (Å²) in [5, 5.41) is 2.90. The lowest BCUT2D eigenvalue weighted by Crippen LogP contribution is -2.59. The summed E-state index contributed by atoms with van der Waals surface area (Å²) in [6.45, 7) is 5.34. The van der Waals surface area contributed by atoms with Crippen LogP contribution < -0.4 is 5.32 Å². The molecule has 49 heavy (non-hydrogen) atoms. The molecule has 0 bridgehead atoms. The SMILES string of the molecule is CCCCCCCCCCCCCCCCCCNC(=O)OCC1CC(COC(=O)N(Cc2ccccn2)C(C)=O)N1Cc1ccccc1. The van der Waals surface area contributed by atoms with Crippen molar-refractivity contribution in [3.63, 3.8) is 0 Å². The third-order valence-electron chi connectivity index (χ3n) is 9.44. The third kappa shape index (κ3) is 16.7. The highest BCUT2D eigenvalue weighted by Crippen LogP contribution is 2.29. The molecular weight excluding hydrogens is 616 g/mol. The summed E-state index contributed by atoms with van der Waals surface area (Å²) in [5.41, 5.74) is 1.73.